The van der Waals surface area contributed by atoms with Crippen molar-refractivity contribution < 1.29 is 19.1 Å². The van der Waals surface area contributed by atoms with Gasteiger partial charge in [0.1, 0.15) is 0 Å². The van der Waals surface area contributed by atoms with E-state index >= 15 is 0 Å². The number of aliphatic carboxylic acids is 1. The summed E-state index contributed by atoms with van der Waals surface area (Å²) in [4.78, 5) is 24.0. The molecule has 1 amide bonds. The fourth-order valence-corrected chi connectivity index (χ4v) is 2.17. The number of carbonyl (C=O) groups excluding carboxylic acids is 1. The number of benzene rings is 1. The van der Waals surface area contributed by atoms with Crippen molar-refractivity contribution in [3.63, 3.8) is 0 Å². The zero-order valence-corrected chi connectivity index (χ0v) is 10.9. The summed E-state index contributed by atoms with van der Waals surface area (Å²) in [5, 5.41) is 9.34. The van der Waals surface area contributed by atoms with Gasteiger partial charge in [0.2, 0.25) is 11.6 Å². The monoisotopic (exact) mass is 285 g/mol. The van der Waals surface area contributed by atoms with Crippen LogP contribution in [0.4, 0.5) is 4.39 Å². The molecule has 1 heterocycles. The lowest BCUT2D eigenvalue weighted by molar-refractivity contribution is -0.150. The fourth-order valence-electron chi connectivity index (χ4n) is 2.05. The van der Waals surface area contributed by atoms with Crippen LogP contribution in [-0.4, -0.2) is 40.6 Å². The zero-order chi connectivity index (χ0) is 14.0. The molecule has 0 bridgehead atoms. The van der Waals surface area contributed by atoms with Gasteiger partial charge in [-0.25, -0.2) is 9.18 Å². The molecule has 1 N–H and O–H groups in total. The number of rotatable bonds is 3. The molecule has 0 aliphatic carbocycles. The van der Waals surface area contributed by atoms with Crippen LogP contribution in [0.1, 0.15) is 12.0 Å². The number of nitrogens with zero attached hydrogens (tertiary/aromatic N) is 1. The second-order valence-corrected chi connectivity index (χ2v) is 5.08. The van der Waals surface area contributed by atoms with E-state index in [1.54, 1.807) is 24.3 Å². The lowest BCUT2D eigenvalue weighted by Gasteiger charge is -2.17. The third-order valence-corrected chi connectivity index (χ3v) is 3.48. The van der Waals surface area contributed by atoms with Crippen molar-refractivity contribution in [2.75, 3.05) is 13.1 Å². The number of hydrogen-bond donors (Lipinski definition) is 1. The Labute approximate surface area is 114 Å². The van der Waals surface area contributed by atoms with E-state index in [2.05, 4.69) is 0 Å². The van der Waals surface area contributed by atoms with Crippen molar-refractivity contribution >= 4 is 23.5 Å². The normalized spacial score (nSPS) is 22.5. The first-order valence-electron chi connectivity index (χ1n) is 5.85. The average molecular weight is 286 g/mol. The highest BCUT2D eigenvalue weighted by Crippen LogP contribution is 2.26. The molecule has 1 atom stereocenters. The van der Waals surface area contributed by atoms with Crippen LogP contribution in [0.3, 0.4) is 0 Å². The SMILES string of the molecule is O=C(Cc1ccc(Cl)cc1)N1CCC(F)(C(=O)O)C1. The van der Waals surface area contributed by atoms with Crippen LogP contribution in [0, 0.1) is 0 Å². The van der Waals surface area contributed by atoms with Crippen LogP contribution in [0.5, 0.6) is 0 Å². The molecular weight excluding hydrogens is 273 g/mol. The van der Waals surface area contributed by atoms with Crippen molar-refractivity contribution in [1.82, 2.24) is 4.90 Å². The maximum atomic E-state index is 13.8. The maximum absolute atomic E-state index is 13.8. The van der Waals surface area contributed by atoms with Gasteiger partial charge < -0.3 is 10.0 Å². The number of carbonyl (C=O) groups is 2. The summed E-state index contributed by atoms with van der Waals surface area (Å²) in [6.45, 7) is -0.246. The van der Waals surface area contributed by atoms with Crippen molar-refractivity contribution in [3.8, 4) is 0 Å². The quantitative estimate of drug-likeness (QED) is 0.923. The van der Waals surface area contributed by atoms with Crippen LogP contribution in [-0.2, 0) is 16.0 Å². The minimum atomic E-state index is -2.31. The number of carboxylic acids is 1. The van der Waals surface area contributed by atoms with Crippen molar-refractivity contribution in [2.24, 2.45) is 0 Å². The summed E-state index contributed by atoms with van der Waals surface area (Å²) in [6.07, 6.45) is -0.0401. The Morgan fingerprint density at radius 1 is 1.37 bits per heavy atom. The first-order chi connectivity index (χ1) is 8.90. The third kappa shape index (κ3) is 3.04. The van der Waals surface area contributed by atoms with Gasteiger partial charge in [-0.15, -0.1) is 0 Å². The Bertz CT molecular complexity index is 505. The van der Waals surface area contributed by atoms with E-state index in [9.17, 15) is 14.0 Å². The second kappa shape index (κ2) is 5.17. The molecule has 102 valence electrons. The van der Waals surface area contributed by atoms with Gasteiger partial charge in [-0.1, -0.05) is 23.7 Å². The standard InChI is InChI=1S/C13H13ClFNO3/c14-10-3-1-9(2-4-10)7-11(17)16-6-5-13(15,8-16)12(18)19/h1-4H,5-8H2,(H,18,19). The molecule has 1 aliphatic heterocycles. The molecular formula is C13H13ClFNO3. The number of halogens is 2. The highest BCUT2D eigenvalue weighted by atomic mass is 35.5. The van der Waals surface area contributed by atoms with E-state index in [1.807, 2.05) is 0 Å². The number of alkyl halides is 1. The van der Waals surface area contributed by atoms with Crippen molar-refractivity contribution in [1.29, 1.82) is 0 Å². The lowest BCUT2D eigenvalue weighted by Crippen LogP contribution is -2.39. The summed E-state index contributed by atoms with van der Waals surface area (Å²) in [5.41, 5.74) is -1.54. The van der Waals surface area contributed by atoms with Crippen LogP contribution in [0.15, 0.2) is 24.3 Å². The van der Waals surface area contributed by atoms with Crippen LogP contribution in [0.2, 0.25) is 5.02 Å². The summed E-state index contributed by atoms with van der Waals surface area (Å²) in [5.74, 6) is -1.78. The fraction of sp³-hybridized carbons (Fsp3) is 0.385. The Morgan fingerprint density at radius 2 is 2.00 bits per heavy atom. The van der Waals surface area contributed by atoms with E-state index in [0.29, 0.717) is 5.02 Å². The predicted octanol–water partition coefficient (Wildman–Crippen LogP) is 1.91. The molecule has 2 rings (SSSR count). The van der Waals surface area contributed by atoms with Gasteiger partial charge in [0.15, 0.2) is 0 Å². The molecule has 0 aromatic heterocycles. The minimum Gasteiger partial charge on any atom is -0.479 e. The van der Waals surface area contributed by atoms with Crippen LogP contribution >= 0.6 is 11.6 Å². The molecule has 1 unspecified atom stereocenters. The zero-order valence-electron chi connectivity index (χ0n) is 10.1. The van der Waals surface area contributed by atoms with Gasteiger partial charge in [0.05, 0.1) is 13.0 Å². The average Bonchev–Trinajstić information content (AvgIpc) is 2.76. The highest BCUT2D eigenvalue weighted by molar-refractivity contribution is 6.30. The molecule has 6 heteroatoms. The number of hydrogen-bond acceptors (Lipinski definition) is 2. The van der Waals surface area contributed by atoms with Crippen LogP contribution in [0.25, 0.3) is 0 Å². The summed E-state index contributed by atoms with van der Waals surface area (Å²) >= 11 is 5.74. The van der Waals surface area contributed by atoms with Gasteiger partial charge in [0, 0.05) is 18.0 Å². The van der Waals surface area contributed by atoms with Gasteiger partial charge in [-0.3, -0.25) is 4.79 Å². The van der Waals surface area contributed by atoms with Gasteiger partial charge in [0.25, 0.3) is 0 Å². The predicted molar refractivity (Wildman–Crippen MR) is 67.8 cm³/mol. The summed E-state index contributed by atoms with van der Waals surface area (Å²) < 4.78 is 13.8. The Morgan fingerprint density at radius 3 is 2.53 bits per heavy atom. The molecule has 0 spiro atoms. The molecule has 1 fully saturated rings. The summed E-state index contributed by atoms with van der Waals surface area (Å²) in [7, 11) is 0. The molecule has 4 nitrogen and oxygen atoms in total. The van der Waals surface area contributed by atoms with E-state index in [4.69, 9.17) is 16.7 Å². The Kier molecular flexibility index (Phi) is 3.75. The summed E-state index contributed by atoms with van der Waals surface area (Å²) in [6, 6.07) is 6.78. The van der Waals surface area contributed by atoms with Gasteiger partial charge in [-0.05, 0) is 17.7 Å². The third-order valence-electron chi connectivity index (χ3n) is 3.22. The molecule has 1 aliphatic rings. The molecule has 1 aromatic rings. The second-order valence-electron chi connectivity index (χ2n) is 4.64. The molecule has 1 aromatic carbocycles. The minimum absolute atomic E-state index is 0.118. The van der Waals surface area contributed by atoms with Gasteiger partial charge >= 0.3 is 5.97 Å². The molecule has 19 heavy (non-hydrogen) atoms. The molecule has 1 saturated heterocycles. The number of amides is 1. The van der Waals surface area contributed by atoms with E-state index in [-0.39, 0.29) is 31.8 Å². The van der Waals surface area contributed by atoms with Gasteiger partial charge in [-0.2, -0.15) is 0 Å². The lowest BCUT2D eigenvalue weighted by atomic mass is 10.1. The number of carboxylic acid groups (broad SMARTS) is 1. The van der Waals surface area contributed by atoms with E-state index < -0.39 is 11.6 Å². The topological polar surface area (TPSA) is 57.6 Å². The Hall–Kier alpha value is -1.62. The maximum Gasteiger partial charge on any atom is 0.343 e. The Balaban J connectivity index is 1.98. The molecule has 0 saturated carbocycles. The largest absolute Gasteiger partial charge is 0.479 e. The molecule has 0 radical (unpaired) electrons. The number of likely N-dealkylation sites (tertiary alicyclic amines) is 1. The first-order valence-corrected chi connectivity index (χ1v) is 6.23. The van der Waals surface area contributed by atoms with Crippen molar-refractivity contribution in [3.05, 3.63) is 34.9 Å². The highest BCUT2D eigenvalue weighted by Gasteiger charge is 2.46. The van der Waals surface area contributed by atoms with E-state index in [1.165, 1.54) is 4.90 Å². The van der Waals surface area contributed by atoms with E-state index in [0.717, 1.165) is 5.56 Å². The van der Waals surface area contributed by atoms with Crippen LogP contribution < -0.4 is 0 Å². The smallest absolute Gasteiger partial charge is 0.343 e. The first kappa shape index (κ1) is 13.8. The van der Waals surface area contributed by atoms with Crippen molar-refractivity contribution in [2.45, 2.75) is 18.5 Å².